The van der Waals surface area contributed by atoms with Crippen molar-refractivity contribution in [2.45, 2.75) is 19.6 Å². The maximum Gasteiger partial charge on any atom is 0.254 e. The Morgan fingerprint density at radius 3 is 2.80 bits per heavy atom. The standard InChI is InChI=1S/C20H18FN7O2/c1-10-13-6-11(21)4-5-12(13)20(29)27(2)9-15-18(16(8-22)28(3)26-15)14-7-17(30-10)19(23)25-24-14/h4-7,10H,9H2,1-3H3,(H2,23,25)/t10-/m1/s1. The van der Waals surface area contributed by atoms with E-state index in [9.17, 15) is 14.4 Å². The van der Waals surface area contributed by atoms with Crippen LogP contribution in [0.2, 0.25) is 0 Å². The predicted molar refractivity (Wildman–Crippen MR) is 105 cm³/mol. The first kappa shape index (κ1) is 19.3. The number of nitrogen functional groups attached to an aromatic ring is 1. The van der Waals surface area contributed by atoms with Gasteiger partial charge in [-0.25, -0.2) is 4.39 Å². The third kappa shape index (κ3) is 3.10. The highest BCUT2D eigenvalue weighted by atomic mass is 19.1. The number of hydrogen-bond acceptors (Lipinski definition) is 7. The summed E-state index contributed by atoms with van der Waals surface area (Å²) in [4.78, 5) is 14.6. The molecule has 10 heteroatoms. The maximum atomic E-state index is 14.0. The van der Waals surface area contributed by atoms with Crippen LogP contribution in [0.5, 0.6) is 5.75 Å². The number of amides is 1. The van der Waals surface area contributed by atoms with Gasteiger partial charge in [-0.05, 0) is 25.1 Å². The van der Waals surface area contributed by atoms with E-state index in [1.54, 1.807) is 27.1 Å². The highest BCUT2D eigenvalue weighted by Crippen LogP contribution is 2.34. The third-order valence-corrected chi connectivity index (χ3v) is 4.99. The summed E-state index contributed by atoms with van der Waals surface area (Å²) in [6.07, 6.45) is -0.698. The number of carbonyl (C=O) groups excluding carboxylic acids is 1. The smallest absolute Gasteiger partial charge is 0.254 e. The quantitative estimate of drug-likeness (QED) is 0.606. The molecule has 0 fully saturated rings. The first-order chi connectivity index (χ1) is 14.3. The van der Waals surface area contributed by atoms with Crippen LogP contribution in [0.3, 0.4) is 0 Å². The van der Waals surface area contributed by atoms with Gasteiger partial charge in [0.25, 0.3) is 5.91 Å². The van der Waals surface area contributed by atoms with Crippen LogP contribution in [0.4, 0.5) is 10.2 Å². The largest absolute Gasteiger partial charge is 0.482 e. The van der Waals surface area contributed by atoms with Gasteiger partial charge in [0.15, 0.2) is 11.6 Å². The molecule has 1 aliphatic rings. The summed E-state index contributed by atoms with van der Waals surface area (Å²) in [5.74, 6) is -0.575. The average Bonchev–Trinajstić information content (AvgIpc) is 3.03. The monoisotopic (exact) mass is 407 g/mol. The molecule has 3 aromatic rings. The molecule has 2 aromatic heterocycles. The van der Waals surface area contributed by atoms with Crippen molar-refractivity contribution in [1.82, 2.24) is 24.9 Å². The number of nitriles is 1. The van der Waals surface area contributed by atoms with Gasteiger partial charge in [0.1, 0.15) is 29.4 Å². The van der Waals surface area contributed by atoms with Gasteiger partial charge in [0, 0.05) is 31.3 Å². The average molecular weight is 407 g/mol. The lowest BCUT2D eigenvalue weighted by Crippen LogP contribution is -2.28. The number of halogens is 1. The molecule has 2 N–H and O–H groups in total. The number of nitrogens with two attached hydrogens (primary N) is 1. The summed E-state index contributed by atoms with van der Waals surface area (Å²) < 4.78 is 21.3. The lowest BCUT2D eigenvalue weighted by Gasteiger charge is -2.23. The highest BCUT2D eigenvalue weighted by molar-refractivity contribution is 5.95. The highest BCUT2D eigenvalue weighted by Gasteiger charge is 2.27. The number of ether oxygens (including phenoxy) is 1. The summed E-state index contributed by atoms with van der Waals surface area (Å²) in [5.41, 5.74) is 8.13. The zero-order valence-electron chi connectivity index (χ0n) is 16.5. The van der Waals surface area contributed by atoms with Crippen LogP contribution in [0.25, 0.3) is 11.3 Å². The van der Waals surface area contributed by atoms with Crippen molar-refractivity contribution in [3.63, 3.8) is 0 Å². The number of aryl methyl sites for hydroxylation is 1. The molecule has 0 spiro atoms. The minimum atomic E-state index is -0.698. The fraction of sp³-hybridized carbons (Fsp3) is 0.250. The normalized spacial score (nSPS) is 15.9. The molecule has 1 atom stereocenters. The van der Waals surface area contributed by atoms with Crippen LogP contribution >= 0.6 is 0 Å². The first-order valence-corrected chi connectivity index (χ1v) is 9.11. The molecule has 0 radical (unpaired) electrons. The van der Waals surface area contributed by atoms with Crippen molar-refractivity contribution >= 4 is 11.7 Å². The van der Waals surface area contributed by atoms with E-state index < -0.39 is 11.9 Å². The number of aromatic nitrogens is 4. The number of nitrogens with zero attached hydrogens (tertiary/aromatic N) is 6. The fourth-order valence-electron chi connectivity index (χ4n) is 3.51. The second-order valence-corrected chi connectivity index (χ2v) is 7.04. The van der Waals surface area contributed by atoms with E-state index in [4.69, 9.17) is 10.5 Å². The Kier molecular flexibility index (Phi) is 4.58. The molecule has 9 nitrogen and oxygen atoms in total. The van der Waals surface area contributed by atoms with E-state index >= 15 is 0 Å². The molecule has 0 unspecified atom stereocenters. The van der Waals surface area contributed by atoms with Gasteiger partial charge < -0.3 is 15.4 Å². The Bertz CT molecular complexity index is 1210. The summed E-state index contributed by atoms with van der Waals surface area (Å²) in [6.45, 7) is 1.80. The van der Waals surface area contributed by atoms with Gasteiger partial charge in [-0.1, -0.05) is 0 Å². The van der Waals surface area contributed by atoms with Gasteiger partial charge in [-0.15, -0.1) is 10.2 Å². The molecule has 0 saturated heterocycles. The van der Waals surface area contributed by atoms with Crippen molar-refractivity contribution in [1.29, 1.82) is 5.26 Å². The lowest BCUT2D eigenvalue weighted by molar-refractivity contribution is 0.0778. The molecule has 1 aromatic carbocycles. The Balaban J connectivity index is 1.98. The molecule has 1 amide bonds. The Morgan fingerprint density at radius 1 is 1.30 bits per heavy atom. The summed E-state index contributed by atoms with van der Waals surface area (Å²) >= 11 is 0. The first-order valence-electron chi connectivity index (χ1n) is 9.11. The number of anilines is 1. The number of carbonyl (C=O) groups is 1. The fourth-order valence-corrected chi connectivity index (χ4v) is 3.51. The molecule has 0 aliphatic carbocycles. The van der Waals surface area contributed by atoms with Crippen LogP contribution in [-0.4, -0.2) is 37.8 Å². The Labute approximate surface area is 171 Å². The summed E-state index contributed by atoms with van der Waals surface area (Å²) in [6, 6.07) is 7.60. The second kappa shape index (κ2) is 7.11. The number of fused-ring (bicyclic) bond motifs is 5. The van der Waals surface area contributed by atoms with Crippen LogP contribution in [-0.2, 0) is 13.6 Å². The zero-order chi connectivity index (χ0) is 21.6. The van der Waals surface area contributed by atoms with Gasteiger partial charge >= 0.3 is 0 Å². The van der Waals surface area contributed by atoms with Crippen LogP contribution in [0.15, 0.2) is 24.3 Å². The van der Waals surface area contributed by atoms with E-state index in [2.05, 4.69) is 21.4 Å². The maximum absolute atomic E-state index is 14.0. The van der Waals surface area contributed by atoms with Crippen molar-refractivity contribution in [3.05, 3.63) is 52.6 Å². The molecule has 152 valence electrons. The molecule has 0 saturated carbocycles. The van der Waals surface area contributed by atoms with E-state index in [0.717, 1.165) is 0 Å². The van der Waals surface area contributed by atoms with Crippen molar-refractivity contribution in [3.8, 4) is 23.1 Å². The van der Waals surface area contributed by atoms with Gasteiger partial charge in [-0.3, -0.25) is 9.48 Å². The topological polar surface area (TPSA) is 123 Å². The van der Waals surface area contributed by atoms with Gasteiger partial charge in [-0.2, -0.15) is 10.4 Å². The van der Waals surface area contributed by atoms with Gasteiger partial charge in [0.05, 0.1) is 17.8 Å². The molecule has 2 bridgehead atoms. The molecule has 3 heterocycles. The van der Waals surface area contributed by atoms with Crippen molar-refractivity contribution in [2.24, 2.45) is 7.05 Å². The Morgan fingerprint density at radius 2 is 2.07 bits per heavy atom. The van der Waals surface area contributed by atoms with Crippen molar-refractivity contribution < 1.29 is 13.9 Å². The van der Waals surface area contributed by atoms with Crippen molar-refractivity contribution in [2.75, 3.05) is 12.8 Å². The van der Waals surface area contributed by atoms with Crippen LogP contribution in [0, 0.1) is 17.1 Å². The van der Waals surface area contributed by atoms with E-state index in [1.807, 2.05) is 0 Å². The third-order valence-electron chi connectivity index (χ3n) is 4.99. The number of rotatable bonds is 0. The lowest BCUT2D eigenvalue weighted by atomic mass is 10.0. The number of benzene rings is 1. The Hall–Kier alpha value is -4.00. The zero-order valence-corrected chi connectivity index (χ0v) is 16.5. The van der Waals surface area contributed by atoms with Gasteiger partial charge in [0.2, 0.25) is 0 Å². The molecule has 30 heavy (non-hydrogen) atoms. The molecule has 4 rings (SSSR count). The SMILES string of the molecule is C[C@H]1Oc2cc(nnc2N)-c2c(nn(C)c2C#N)CN(C)C(=O)c2ccc(F)cc21. The van der Waals surface area contributed by atoms with E-state index in [1.165, 1.54) is 27.8 Å². The van der Waals surface area contributed by atoms with E-state index in [-0.39, 0.29) is 29.7 Å². The second-order valence-electron chi connectivity index (χ2n) is 7.04. The van der Waals surface area contributed by atoms with Crippen LogP contribution in [0.1, 0.15) is 40.3 Å². The minimum Gasteiger partial charge on any atom is -0.482 e. The van der Waals surface area contributed by atoms with E-state index in [0.29, 0.717) is 28.1 Å². The molecule has 1 aliphatic heterocycles. The predicted octanol–water partition coefficient (Wildman–Crippen LogP) is 2.20. The van der Waals surface area contributed by atoms with Crippen LogP contribution < -0.4 is 10.5 Å². The summed E-state index contributed by atoms with van der Waals surface area (Å²) in [5, 5.41) is 22.1. The molecular weight excluding hydrogens is 389 g/mol. The molecular formula is C20H18FN7O2. The summed E-state index contributed by atoms with van der Waals surface area (Å²) in [7, 11) is 3.24. The number of hydrogen-bond donors (Lipinski definition) is 1. The minimum absolute atomic E-state index is 0.0352.